The molecule has 2 aromatic carbocycles. The molecule has 1 fully saturated rings. The first-order valence-corrected chi connectivity index (χ1v) is 10.6. The second-order valence-corrected chi connectivity index (χ2v) is 9.25. The van der Waals surface area contributed by atoms with Crippen LogP contribution in [0.3, 0.4) is 0 Å². The number of hydrogen-bond donors (Lipinski definition) is 1. The summed E-state index contributed by atoms with van der Waals surface area (Å²) in [6.45, 7) is 8.59. The fourth-order valence-electron chi connectivity index (χ4n) is 3.73. The van der Waals surface area contributed by atoms with Crippen LogP contribution in [0, 0.1) is 12.7 Å². The van der Waals surface area contributed by atoms with Crippen LogP contribution >= 0.6 is 11.8 Å². The van der Waals surface area contributed by atoms with Crippen LogP contribution in [0.15, 0.2) is 52.4 Å². The lowest BCUT2D eigenvalue weighted by Gasteiger charge is -2.41. The Hall–Kier alpha value is -2.86. The maximum atomic E-state index is 13.1. The molecule has 30 heavy (non-hydrogen) atoms. The third-order valence-electron chi connectivity index (χ3n) is 5.60. The van der Waals surface area contributed by atoms with E-state index in [9.17, 15) is 9.18 Å². The van der Waals surface area contributed by atoms with Gasteiger partial charge in [0.05, 0.1) is 16.1 Å². The lowest BCUT2D eigenvalue weighted by Crippen LogP contribution is -2.42. The van der Waals surface area contributed by atoms with E-state index in [0.717, 1.165) is 11.1 Å². The van der Waals surface area contributed by atoms with Gasteiger partial charge in [0.15, 0.2) is 5.17 Å². The number of benzene rings is 2. The number of fused-ring (bicyclic) bond motifs is 1. The van der Waals surface area contributed by atoms with E-state index in [1.807, 2.05) is 6.08 Å². The van der Waals surface area contributed by atoms with E-state index in [0.29, 0.717) is 15.8 Å². The summed E-state index contributed by atoms with van der Waals surface area (Å²) in [5.74, 6) is -0.493. The van der Waals surface area contributed by atoms with Gasteiger partial charge in [0.2, 0.25) is 0 Å². The van der Waals surface area contributed by atoms with Crippen LogP contribution in [-0.4, -0.2) is 23.7 Å². The van der Waals surface area contributed by atoms with Gasteiger partial charge in [0, 0.05) is 18.3 Å². The largest absolute Gasteiger partial charge is 0.365 e. The van der Waals surface area contributed by atoms with Gasteiger partial charge in [-0.3, -0.25) is 4.79 Å². The number of rotatable bonds is 2. The Morgan fingerprint density at radius 1 is 1.17 bits per heavy atom. The van der Waals surface area contributed by atoms with Crippen molar-refractivity contribution >= 4 is 45.9 Å². The van der Waals surface area contributed by atoms with Gasteiger partial charge < -0.3 is 10.2 Å². The molecule has 0 unspecified atom stereocenters. The number of nitrogens with zero attached hydrogens (tertiary/aromatic N) is 2. The number of carbonyl (C=O) groups is 1. The predicted molar refractivity (Wildman–Crippen MR) is 125 cm³/mol. The minimum atomic E-state index is -0.316. The summed E-state index contributed by atoms with van der Waals surface area (Å²) in [7, 11) is 2.11. The molecule has 0 radical (unpaired) electrons. The Kier molecular flexibility index (Phi) is 5.06. The number of aryl methyl sites for hydroxylation is 1. The molecule has 154 valence electrons. The summed E-state index contributed by atoms with van der Waals surface area (Å²) in [5, 5.41) is 3.28. The number of amides is 1. The quantitative estimate of drug-likeness (QED) is 0.637. The number of hydrogen-bond acceptors (Lipinski definition) is 4. The van der Waals surface area contributed by atoms with Crippen molar-refractivity contribution in [2.24, 2.45) is 4.99 Å². The zero-order valence-electron chi connectivity index (χ0n) is 17.7. The number of halogens is 1. The van der Waals surface area contributed by atoms with E-state index in [4.69, 9.17) is 0 Å². The van der Waals surface area contributed by atoms with E-state index in [2.05, 4.69) is 68.2 Å². The molecule has 0 spiro atoms. The molecule has 1 amide bonds. The number of likely N-dealkylation sites (N-methyl/N-ethyl adjacent to an activating group) is 1. The van der Waals surface area contributed by atoms with Gasteiger partial charge in [-0.1, -0.05) is 6.08 Å². The first-order chi connectivity index (χ1) is 14.1. The van der Waals surface area contributed by atoms with Gasteiger partial charge in [0.25, 0.3) is 5.91 Å². The van der Waals surface area contributed by atoms with E-state index in [1.165, 1.54) is 40.7 Å². The van der Waals surface area contributed by atoms with E-state index < -0.39 is 0 Å². The molecule has 0 saturated carbocycles. The first-order valence-electron chi connectivity index (χ1n) is 9.77. The van der Waals surface area contributed by atoms with Gasteiger partial charge in [-0.2, -0.15) is 0 Å². The fraction of sp³-hybridized carbons (Fsp3) is 0.250. The Morgan fingerprint density at radius 2 is 1.87 bits per heavy atom. The SMILES string of the molecule is CC1=CC(C)(C)N(C)c2cc(C)c(/C=C3\SC(=Nc4ccc(F)cc4)NC3=O)cc21. The predicted octanol–water partition coefficient (Wildman–Crippen LogP) is 5.66. The smallest absolute Gasteiger partial charge is 0.264 e. The van der Waals surface area contributed by atoms with Gasteiger partial charge in [-0.05, 0) is 98.6 Å². The summed E-state index contributed by atoms with van der Waals surface area (Å²) < 4.78 is 13.1. The third-order valence-corrected chi connectivity index (χ3v) is 6.51. The zero-order chi connectivity index (χ0) is 21.6. The summed E-state index contributed by atoms with van der Waals surface area (Å²) in [4.78, 5) is 19.7. The monoisotopic (exact) mass is 421 g/mol. The van der Waals surface area contributed by atoms with E-state index in [1.54, 1.807) is 12.1 Å². The molecule has 0 atom stereocenters. The maximum Gasteiger partial charge on any atom is 0.264 e. The van der Waals surface area contributed by atoms with Crippen molar-refractivity contribution in [1.82, 2.24) is 5.32 Å². The average molecular weight is 422 g/mol. The molecule has 2 aliphatic rings. The summed E-state index contributed by atoms with van der Waals surface area (Å²) in [6, 6.07) is 10.2. The molecule has 6 heteroatoms. The molecule has 4 nitrogen and oxygen atoms in total. The summed E-state index contributed by atoms with van der Waals surface area (Å²) >= 11 is 1.29. The van der Waals surface area contributed by atoms with Crippen molar-refractivity contribution in [3.63, 3.8) is 0 Å². The van der Waals surface area contributed by atoms with Crippen molar-refractivity contribution in [2.45, 2.75) is 33.2 Å². The molecule has 1 saturated heterocycles. The molecule has 2 aromatic rings. The average Bonchev–Trinajstić information content (AvgIpc) is 3.01. The number of anilines is 1. The van der Waals surface area contributed by atoms with Crippen LogP contribution in [0.25, 0.3) is 11.6 Å². The number of amidine groups is 1. The minimum absolute atomic E-state index is 0.0452. The maximum absolute atomic E-state index is 13.1. The van der Waals surface area contributed by atoms with Crippen LogP contribution in [0.4, 0.5) is 15.8 Å². The number of aliphatic imine (C=N–C) groups is 1. The van der Waals surface area contributed by atoms with Crippen molar-refractivity contribution < 1.29 is 9.18 Å². The molecule has 0 bridgehead atoms. The van der Waals surface area contributed by atoms with Gasteiger partial charge in [-0.15, -0.1) is 0 Å². The second kappa shape index (κ2) is 7.43. The number of thioether (sulfide) groups is 1. The molecule has 2 aliphatic heterocycles. The highest BCUT2D eigenvalue weighted by Gasteiger charge is 2.29. The van der Waals surface area contributed by atoms with Crippen molar-refractivity contribution in [2.75, 3.05) is 11.9 Å². The topological polar surface area (TPSA) is 44.7 Å². The Morgan fingerprint density at radius 3 is 2.57 bits per heavy atom. The molecule has 4 rings (SSSR count). The van der Waals surface area contributed by atoms with Crippen molar-refractivity contribution in [3.05, 3.63) is 69.9 Å². The van der Waals surface area contributed by atoms with Crippen molar-refractivity contribution in [1.29, 1.82) is 0 Å². The van der Waals surface area contributed by atoms with Gasteiger partial charge in [-0.25, -0.2) is 9.38 Å². The summed E-state index contributed by atoms with van der Waals surface area (Å²) in [5.41, 5.74) is 6.27. The van der Waals surface area contributed by atoms with E-state index >= 15 is 0 Å². The second-order valence-electron chi connectivity index (χ2n) is 8.22. The lowest BCUT2D eigenvalue weighted by atomic mass is 9.87. The van der Waals surface area contributed by atoms with Crippen molar-refractivity contribution in [3.8, 4) is 0 Å². The highest BCUT2D eigenvalue weighted by atomic mass is 32.2. The lowest BCUT2D eigenvalue weighted by molar-refractivity contribution is -0.115. The van der Waals surface area contributed by atoms with Gasteiger partial charge in [0.1, 0.15) is 5.82 Å². The first kappa shape index (κ1) is 20.4. The number of nitrogens with one attached hydrogen (secondary N) is 1. The van der Waals surface area contributed by atoms with Crippen LogP contribution < -0.4 is 10.2 Å². The molecule has 1 N–H and O–H groups in total. The van der Waals surface area contributed by atoms with Gasteiger partial charge >= 0.3 is 0 Å². The number of carbonyl (C=O) groups excluding carboxylic acids is 1. The number of allylic oxidation sites excluding steroid dienone is 1. The standard InChI is InChI=1S/C24H24FN3OS/c1-14-10-20-19(15(2)13-24(3,4)28(20)5)11-16(14)12-21-22(29)27-23(30-21)26-18-8-6-17(25)7-9-18/h6-13H,1-5H3,(H,26,27,29)/b21-12-. The van der Waals surface area contributed by atoms with Crippen LogP contribution in [0.5, 0.6) is 0 Å². The summed E-state index contributed by atoms with van der Waals surface area (Å²) in [6.07, 6.45) is 4.18. The third kappa shape index (κ3) is 3.79. The molecular formula is C24H24FN3OS. The van der Waals surface area contributed by atoms with Crippen LogP contribution in [0.1, 0.15) is 37.5 Å². The normalized spacial score (nSPS) is 20.4. The Balaban J connectivity index is 1.66. The fourth-order valence-corrected chi connectivity index (χ4v) is 4.56. The molecule has 2 heterocycles. The molecular weight excluding hydrogens is 397 g/mol. The minimum Gasteiger partial charge on any atom is -0.365 e. The Labute approximate surface area is 180 Å². The molecule has 0 aliphatic carbocycles. The highest BCUT2D eigenvalue weighted by Crippen LogP contribution is 2.40. The van der Waals surface area contributed by atoms with Crippen LogP contribution in [-0.2, 0) is 4.79 Å². The molecule has 0 aromatic heterocycles. The van der Waals surface area contributed by atoms with E-state index in [-0.39, 0.29) is 17.3 Å². The Bertz CT molecular complexity index is 1130. The zero-order valence-corrected chi connectivity index (χ0v) is 18.5. The highest BCUT2D eigenvalue weighted by molar-refractivity contribution is 8.18. The van der Waals surface area contributed by atoms with Crippen LogP contribution in [0.2, 0.25) is 0 Å².